The lowest BCUT2D eigenvalue weighted by Gasteiger charge is -2.29. The molecule has 4 N–H and O–H groups in total. The predicted octanol–water partition coefficient (Wildman–Crippen LogP) is -0.0231. The Hall–Kier alpha value is -1.67. The van der Waals surface area contributed by atoms with E-state index >= 15 is 0 Å². The number of hydrogen-bond donors (Lipinski definition) is 3. The Morgan fingerprint density at radius 2 is 2.05 bits per heavy atom. The third kappa shape index (κ3) is 3.91. The van der Waals surface area contributed by atoms with Crippen molar-refractivity contribution in [1.82, 2.24) is 19.9 Å². The zero-order chi connectivity index (χ0) is 14.5. The molecule has 1 aliphatic heterocycles. The van der Waals surface area contributed by atoms with Crippen LogP contribution in [0.15, 0.2) is 0 Å². The van der Waals surface area contributed by atoms with Crippen LogP contribution in [0.4, 0.5) is 17.8 Å². The van der Waals surface area contributed by atoms with Crippen LogP contribution < -0.4 is 21.5 Å². The van der Waals surface area contributed by atoms with Gasteiger partial charge in [-0.25, -0.2) is 5.84 Å². The predicted molar refractivity (Wildman–Crippen MR) is 80.7 cm³/mol. The maximum atomic E-state index is 5.39. The van der Waals surface area contributed by atoms with Gasteiger partial charge < -0.3 is 15.1 Å². The maximum Gasteiger partial charge on any atom is 0.243 e. The van der Waals surface area contributed by atoms with Gasteiger partial charge in [-0.1, -0.05) is 0 Å². The van der Waals surface area contributed by atoms with Gasteiger partial charge >= 0.3 is 0 Å². The number of piperidine rings is 1. The zero-order valence-corrected chi connectivity index (χ0v) is 12.4. The molecule has 1 aliphatic rings. The Labute approximate surface area is 119 Å². The quantitative estimate of drug-likeness (QED) is 0.511. The highest BCUT2D eigenvalue weighted by atomic mass is 15.4. The Bertz CT molecular complexity index is 435. The molecule has 8 nitrogen and oxygen atoms in total. The minimum Gasteiger partial charge on any atom is -0.354 e. The average Bonchev–Trinajstić information content (AvgIpc) is 2.45. The van der Waals surface area contributed by atoms with E-state index < -0.39 is 0 Å². The minimum atomic E-state index is 0.368. The lowest BCUT2D eigenvalue weighted by atomic mass is 9.99. The van der Waals surface area contributed by atoms with Crippen molar-refractivity contribution in [2.45, 2.75) is 12.8 Å². The van der Waals surface area contributed by atoms with Crippen LogP contribution in [0.2, 0.25) is 0 Å². The summed E-state index contributed by atoms with van der Waals surface area (Å²) >= 11 is 0. The van der Waals surface area contributed by atoms with Gasteiger partial charge in [-0.3, -0.25) is 5.43 Å². The van der Waals surface area contributed by atoms with Gasteiger partial charge in [0, 0.05) is 27.2 Å². The molecule has 2 rings (SSSR count). The van der Waals surface area contributed by atoms with E-state index in [-0.39, 0.29) is 0 Å². The molecule has 8 heteroatoms. The molecule has 1 saturated heterocycles. The van der Waals surface area contributed by atoms with Gasteiger partial charge in [-0.15, -0.1) is 0 Å². The van der Waals surface area contributed by atoms with Gasteiger partial charge in [0.15, 0.2) is 0 Å². The Kier molecular flexibility index (Phi) is 4.91. The molecular formula is C12H24N8. The lowest BCUT2D eigenvalue weighted by molar-refractivity contribution is 0.217. The van der Waals surface area contributed by atoms with Crippen molar-refractivity contribution in [2.24, 2.45) is 11.8 Å². The number of nitrogens with zero attached hydrogens (tertiary/aromatic N) is 5. The fourth-order valence-corrected chi connectivity index (χ4v) is 2.38. The van der Waals surface area contributed by atoms with Crippen LogP contribution in [0.1, 0.15) is 12.8 Å². The number of nitrogens with two attached hydrogens (primary N) is 1. The van der Waals surface area contributed by atoms with Crippen molar-refractivity contribution in [2.75, 3.05) is 56.4 Å². The van der Waals surface area contributed by atoms with E-state index in [1.807, 2.05) is 19.0 Å². The molecule has 2 heterocycles. The third-order valence-electron chi connectivity index (χ3n) is 3.42. The van der Waals surface area contributed by atoms with Crippen LogP contribution in [0.25, 0.3) is 0 Å². The van der Waals surface area contributed by atoms with Crippen molar-refractivity contribution in [3.63, 3.8) is 0 Å². The molecule has 0 spiro atoms. The zero-order valence-electron chi connectivity index (χ0n) is 12.4. The summed E-state index contributed by atoms with van der Waals surface area (Å²) < 4.78 is 0. The summed E-state index contributed by atoms with van der Waals surface area (Å²) in [5, 5.41) is 3.29. The van der Waals surface area contributed by atoms with Gasteiger partial charge in [-0.05, 0) is 32.4 Å². The molecule has 1 atom stereocenters. The molecule has 0 aliphatic carbocycles. The summed E-state index contributed by atoms with van der Waals surface area (Å²) in [6, 6.07) is 0. The maximum absolute atomic E-state index is 5.39. The number of nitrogen functional groups attached to an aromatic ring is 1. The van der Waals surface area contributed by atoms with Crippen LogP contribution in [-0.4, -0.2) is 60.6 Å². The van der Waals surface area contributed by atoms with Crippen LogP contribution in [0.3, 0.4) is 0 Å². The van der Waals surface area contributed by atoms with Crippen LogP contribution in [-0.2, 0) is 0 Å². The van der Waals surface area contributed by atoms with Gasteiger partial charge in [0.05, 0.1) is 0 Å². The highest BCUT2D eigenvalue weighted by Crippen LogP contribution is 2.16. The molecule has 112 valence electrons. The molecule has 1 unspecified atom stereocenters. The Balaban J connectivity index is 1.99. The summed E-state index contributed by atoms with van der Waals surface area (Å²) in [6.45, 7) is 3.17. The van der Waals surface area contributed by atoms with E-state index in [0.717, 1.165) is 13.1 Å². The first-order valence-corrected chi connectivity index (χ1v) is 6.91. The molecular weight excluding hydrogens is 256 g/mol. The smallest absolute Gasteiger partial charge is 0.243 e. The van der Waals surface area contributed by atoms with E-state index in [2.05, 4.69) is 37.6 Å². The highest BCUT2D eigenvalue weighted by molar-refractivity contribution is 5.42. The summed E-state index contributed by atoms with van der Waals surface area (Å²) in [5.41, 5.74) is 2.47. The topological polar surface area (TPSA) is 95.2 Å². The van der Waals surface area contributed by atoms with Crippen molar-refractivity contribution in [3.05, 3.63) is 0 Å². The third-order valence-corrected chi connectivity index (χ3v) is 3.42. The number of aromatic nitrogens is 3. The number of hydrazine groups is 1. The second-order valence-corrected chi connectivity index (χ2v) is 5.47. The molecule has 0 aromatic carbocycles. The van der Waals surface area contributed by atoms with Crippen LogP contribution in [0, 0.1) is 5.92 Å². The van der Waals surface area contributed by atoms with Crippen molar-refractivity contribution >= 4 is 17.8 Å². The normalized spacial score (nSPS) is 19.7. The summed E-state index contributed by atoms with van der Waals surface area (Å²) in [7, 11) is 5.93. The number of anilines is 3. The largest absolute Gasteiger partial charge is 0.354 e. The van der Waals surface area contributed by atoms with E-state index in [4.69, 9.17) is 5.84 Å². The van der Waals surface area contributed by atoms with Gasteiger partial charge in [0.1, 0.15) is 0 Å². The van der Waals surface area contributed by atoms with Crippen LogP contribution >= 0.6 is 0 Å². The van der Waals surface area contributed by atoms with Crippen LogP contribution in [0.5, 0.6) is 0 Å². The highest BCUT2D eigenvalue weighted by Gasteiger charge is 2.17. The molecule has 1 fully saturated rings. The first kappa shape index (κ1) is 14.7. The molecule has 0 bridgehead atoms. The average molecular weight is 280 g/mol. The molecule has 20 heavy (non-hydrogen) atoms. The Morgan fingerprint density at radius 3 is 2.70 bits per heavy atom. The molecule has 0 radical (unpaired) electrons. The minimum absolute atomic E-state index is 0.368. The second-order valence-electron chi connectivity index (χ2n) is 5.47. The second kappa shape index (κ2) is 6.67. The van der Waals surface area contributed by atoms with E-state index in [1.165, 1.54) is 19.4 Å². The summed E-state index contributed by atoms with van der Waals surface area (Å²) in [4.78, 5) is 17.0. The van der Waals surface area contributed by atoms with Gasteiger partial charge in [-0.2, -0.15) is 15.0 Å². The van der Waals surface area contributed by atoms with Gasteiger partial charge in [0.25, 0.3) is 0 Å². The van der Waals surface area contributed by atoms with Gasteiger partial charge in [0.2, 0.25) is 17.8 Å². The fraction of sp³-hybridized carbons (Fsp3) is 0.750. The van der Waals surface area contributed by atoms with E-state index in [9.17, 15) is 0 Å². The van der Waals surface area contributed by atoms with Crippen molar-refractivity contribution < 1.29 is 0 Å². The number of likely N-dealkylation sites (tertiary alicyclic amines) is 1. The Morgan fingerprint density at radius 1 is 1.30 bits per heavy atom. The first-order chi connectivity index (χ1) is 9.58. The molecule has 0 saturated carbocycles. The molecule has 0 amide bonds. The van der Waals surface area contributed by atoms with E-state index in [1.54, 1.807) is 0 Å². The van der Waals surface area contributed by atoms with Crippen molar-refractivity contribution in [3.8, 4) is 0 Å². The SMILES string of the molecule is CN1CCCC(CNc2nc(NN)nc(N(C)C)n2)C1. The monoisotopic (exact) mass is 280 g/mol. The number of rotatable bonds is 5. The van der Waals surface area contributed by atoms with Crippen molar-refractivity contribution in [1.29, 1.82) is 0 Å². The molecule has 1 aromatic rings. The number of nitrogens with one attached hydrogen (secondary N) is 2. The molecule has 1 aromatic heterocycles. The summed E-state index contributed by atoms with van der Waals surface area (Å²) in [5.74, 6) is 7.52. The fourth-order valence-electron chi connectivity index (χ4n) is 2.38. The number of hydrogen-bond acceptors (Lipinski definition) is 8. The van der Waals surface area contributed by atoms with E-state index in [0.29, 0.717) is 23.8 Å². The standard InChI is InChI=1S/C12H24N8/c1-19(2)12-16-10(15-11(17-12)18-13)14-7-9-5-4-6-20(3)8-9/h9H,4-8,13H2,1-3H3,(H2,14,15,16,17,18). The lowest BCUT2D eigenvalue weighted by Crippen LogP contribution is -2.35. The first-order valence-electron chi connectivity index (χ1n) is 6.91. The summed E-state index contributed by atoms with van der Waals surface area (Å²) in [6.07, 6.45) is 2.49.